The molecule has 6 nitrogen and oxygen atoms in total. The number of amides is 1. The van der Waals surface area contributed by atoms with Crippen molar-refractivity contribution in [1.82, 2.24) is 9.78 Å². The second-order valence-electron chi connectivity index (χ2n) is 5.77. The van der Waals surface area contributed by atoms with Crippen molar-refractivity contribution in [3.05, 3.63) is 47.0 Å². The Morgan fingerprint density at radius 1 is 1.46 bits per heavy atom. The summed E-state index contributed by atoms with van der Waals surface area (Å²) in [4.78, 5) is 17.6. The highest BCUT2D eigenvalue weighted by Crippen LogP contribution is 2.21. The van der Waals surface area contributed by atoms with Gasteiger partial charge in [-0.1, -0.05) is 5.16 Å². The number of carbonyl (C=O) groups is 1. The van der Waals surface area contributed by atoms with Gasteiger partial charge in [0.1, 0.15) is 5.82 Å². The van der Waals surface area contributed by atoms with Gasteiger partial charge in [0.15, 0.2) is 0 Å². The minimum atomic E-state index is -0.700. The van der Waals surface area contributed by atoms with Gasteiger partial charge in [-0.05, 0) is 44.5 Å². The molecule has 0 radical (unpaired) electrons. The third-order valence-electron chi connectivity index (χ3n) is 3.99. The summed E-state index contributed by atoms with van der Waals surface area (Å²) in [6.07, 6.45) is 1.58. The van der Waals surface area contributed by atoms with E-state index in [1.807, 2.05) is 24.7 Å². The van der Waals surface area contributed by atoms with Crippen molar-refractivity contribution in [3.63, 3.8) is 0 Å². The third kappa shape index (κ3) is 3.15. The summed E-state index contributed by atoms with van der Waals surface area (Å²) < 4.78 is 15.0. The Hall–Kier alpha value is -2.70. The molecule has 7 heteroatoms. The highest BCUT2D eigenvalue weighted by molar-refractivity contribution is 6.06. The third-order valence-corrected chi connectivity index (χ3v) is 3.99. The summed E-state index contributed by atoms with van der Waals surface area (Å²) in [6.45, 7) is 6.41. The first-order valence-electron chi connectivity index (χ1n) is 7.82. The maximum atomic E-state index is 13.1. The van der Waals surface area contributed by atoms with Crippen LogP contribution in [0.2, 0.25) is 0 Å². The smallest absolute Gasteiger partial charge is 0.268 e. The molecular weight excluding hydrogens is 311 g/mol. The number of aryl methyl sites for hydroxylation is 3. The van der Waals surface area contributed by atoms with Crippen LogP contribution in [0.5, 0.6) is 0 Å². The summed E-state index contributed by atoms with van der Waals surface area (Å²) in [5, 5.41) is 11.2. The maximum Gasteiger partial charge on any atom is 0.268 e. The first-order chi connectivity index (χ1) is 11.5. The molecule has 24 heavy (non-hydrogen) atoms. The molecule has 0 bridgehead atoms. The summed E-state index contributed by atoms with van der Waals surface area (Å²) in [5.41, 5.74) is 3.68. The lowest BCUT2D eigenvalue weighted by molar-refractivity contribution is -0.125. The molecule has 126 valence electrons. The van der Waals surface area contributed by atoms with E-state index in [4.69, 9.17) is 4.84 Å². The molecule has 2 aromatic rings. The lowest BCUT2D eigenvalue weighted by Crippen LogP contribution is -2.28. The average Bonchev–Trinajstić information content (AvgIpc) is 3.16. The molecule has 2 heterocycles. The van der Waals surface area contributed by atoms with E-state index in [0.717, 1.165) is 17.8 Å². The zero-order valence-electron chi connectivity index (χ0n) is 13.8. The molecule has 1 aromatic carbocycles. The fourth-order valence-corrected chi connectivity index (χ4v) is 2.62. The number of oxime groups is 1. The van der Waals surface area contributed by atoms with E-state index in [0.29, 0.717) is 23.4 Å². The summed E-state index contributed by atoms with van der Waals surface area (Å²) >= 11 is 0. The topological polar surface area (TPSA) is 68.5 Å². The molecule has 1 atom stereocenters. The molecule has 1 aliphatic heterocycles. The van der Waals surface area contributed by atoms with Crippen LogP contribution in [0.25, 0.3) is 0 Å². The maximum absolute atomic E-state index is 13.1. The Balaban J connectivity index is 1.67. The van der Waals surface area contributed by atoms with E-state index in [2.05, 4.69) is 15.6 Å². The van der Waals surface area contributed by atoms with Crippen LogP contribution in [0.3, 0.4) is 0 Å². The molecule has 0 saturated heterocycles. The second-order valence-corrected chi connectivity index (χ2v) is 5.77. The van der Waals surface area contributed by atoms with Crippen molar-refractivity contribution in [2.24, 2.45) is 5.16 Å². The standard InChI is InChI=1S/C17H19FN4O2/c1-4-22-9-13(11(3)20-22)15-8-16(24-21-15)17(23)19-14-6-5-12(18)7-10(14)2/h5-7,9,16H,4,8H2,1-3H3,(H,19,23). The second kappa shape index (κ2) is 6.43. The van der Waals surface area contributed by atoms with Gasteiger partial charge in [-0.2, -0.15) is 5.10 Å². The molecule has 0 fully saturated rings. The van der Waals surface area contributed by atoms with E-state index in [-0.39, 0.29) is 11.7 Å². The monoisotopic (exact) mass is 330 g/mol. The van der Waals surface area contributed by atoms with E-state index < -0.39 is 6.10 Å². The van der Waals surface area contributed by atoms with Crippen LogP contribution in [0, 0.1) is 19.7 Å². The molecule has 1 N–H and O–H groups in total. The molecule has 1 amide bonds. The van der Waals surface area contributed by atoms with Crippen LogP contribution >= 0.6 is 0 Å². The molecule has 1 aliphatic rings. The molecule has 0 saturated carbocycles. The van der Waals surface area contributed by atoms with Gasteiger partial charge in [0, 0.05) is 30.4 Å². The van der Waals surface area contributed by atoms with Gasteiger partial charge in [-0.15, -0.1) is 0 Å². The van der Waals surface area contributed by atoms with Crippen LogP contribution in [0.1, 0.15) is 30.2 Å². The van der Waals surface area contributed by atoms with Crippen molar-refractivity contribution in [2.75, 3.05) is 5.32 Å². The van der Waals surface area contributed by atoms with Crippen LogP contribution in [-0.2, 0) is 16.2 Å². The predicted octanol–water partition coefficient (Wildman–Crippen LogP) is 2.79. The van der Waals surface area contributed by atoms with Crippen molar-refractivity contribution in [3.8, 4) is 0 Å². The van der Waals surface area contributed by atoms with E-state index in [1.165, 1.54) is 18.2 Å². The molecule has 1 aromatic heterocycles. The summed E-state index contributed by atoms with van der Waals surface area (Å²) in [5.74, 6) is -0.638. The largest absolute Gasteiger partial charge is 0.382 e. The SMILES string of the molecule is CCn1cc(C2=NOC(C(=O)Nc3ccc(F)cc3C)C2)c(C)n1. The number of hydrogen-bond donors (Lipinski definition) is 1. The first kappa shape index (κ1) is 16.2. The number of benzene rings is 1. The minimum Gasteiger partial charge on any atom is -0.382 e. The van der Waals surface area contributed by atoms with Crippen LogP contribution < -0.4 is 5.32 Å². The van der Waals surface area contributed by atoms with Gasteiger partial charge in [0.05, 0.1) is 11.4 Å². The number of rotatable bonds is 4. The number of aromatic nitrogens is 2. The number of nitrogens with zero attached hydrogens (tertiary/aromatic N) is 3. The Morgan fingerprint density at radius 3 is 2.92 bits per heavy atom. The lowest BCUT2D eigenvalue weighted by Gasteiger charge is -2.11. The van der Waals surface area contributed by atoms with Crippen molar-refractivity contribution in [2.45, 2.75) is 39.8 Å². The highest BCUT2D eigenvalue weighted by atomic mass is 19.1. The van der Waals surface area contributed by atoms with Gasteiger partial charge in [0.2, 0.25) is 6.10 Å². The van der Waals surface area contributed by atoms with Crippen LogP contribution in [0.4, 0.5) is 10.1 Å². The van der Waals surface area contributed by atoms with Crippen LogP contribution in [0.15, 0.2) is 29.6 Å². The van der Waals surface area contributed by atoms with Crippen molar-refractivity contribution >= 4 is 17.3 Å². The van der Waals surface area contributed by atoms with Gasteiger partial charge in [0.25, 0.3) is 5.91 Å². The Morgan fingerprint density at radius 2 is 2.25 bits per heavy atom. The Labute approximate surface area is 139 Å². The van der Waals surface area contributed by atoms with E-state index >= 15 is 0 Å². The van der Waals surface area contributed by atoms with Crippen LogP contribution in [-0.4, -0.2) is 27.5 Å². The lowest BCUT2D eigenvalue weighted by atomic mass is 10.1. The quantitative estimate of drug-likeness (QED) is 0.937. The zero-order valence-corrected chi connectivity index (χ0v) is 13.8. The average molecular weight is 330 g/mol. The van der Waals surface area contributed by atoms with Gasteiger partial charge in [-0.3, -0.25) is 9.48 Å². The van der Waals surface area contributed by atoms with Gasteiger partial charge in [-0.25, -0.2) is 4.39 Å². The number of nitrogens with one attached hydrogen (secondary N) is 1. The van der Waals surface area contributed by atoms with Gasteiger partial charge < -0.3 is 10.2 Å². The fraction of sp³-hybridized carbons (Fsp3) is 0.353. The molecular formula is C17H19FN4O2. The minimum absolute atomic E-state index is 0.302. The molecule has 0 aliphatic carbocycles. The van der Waals surface area contributed by atoms with E-state index in [9.17, 15) is 9.18 Å². The van der Waals surface area contributed by atoms with Crippen molar-refractivity contribution in [1.29, 1.82) is 0 Å². The Bertz CT molecular complexity index is 813. The number of halogens is 1. The van der Waals surface area contributed by atoms with E-state index in [1.54, 1.807) is 6.92 Å². The molecule has 1 unspecified atom stereocenters. The van der Waals surface area contributed by atoms with Crippen molar-refractivity contribution < 1.29 is 14.0 Å². The fourth-order valence-electron chi connectivity index (χ4n) is 2.62. The number of anilines is 1. The number of carbonyl (C=O) groups excluding carboxylic acids is 1. The molecule has 0 spiro atoms. The Kier molecular flexibility index (Phi) is 4.33. The zero-order chi connectivity index (χ0) is 17.3. The first-order valence-corrected chi connectivity index (χ1v) is 7.82. The normalized spacial score (nSPS) is 16.7. The summed E-state index contributed by atoms with van der Waals surface area (Å²) in [7, 11) is 0. The number of hydrogen-bond acceptors (Lipinski definition) is 4. The molecule has 3 rings (SSSR count). The summed E-state index contributed by atoms with van der Waals surface area (Å²) in [6, 6.07) is 4.22. The highest BCUT2D eigenvalue weighted by Gasteiger charge is 2.30. The van der Waals surface area contributed by atoms with Gasteiger partial charge >= 0.3 is 0 Å². The predicted molar refractivity (Wildman–Crippen MR) is 88.4 cm³/mol.